The molecule has 3 nitrogen and oxygen atoms in total. The fraction of sp³-hybridized carbons (Fsp3) is 0.600. The molecule has 0 spiro atoms. The van der Waals surface area contributed by atoms with Crippen LogP contribution in [0.2, 0.25) is 5.02 Å². The number of nitrogens with zero attached hydrogens (tertiary/aromatic N) is 2. The SMILES string of the molecule is CC1CN(CCC(O)c2ccc(Cl)cc2)CCN1C. The summed E-state index contributed by atoms with van der Waals surface area (Å²) in [5.41, 5.74) is 0.951. The van der Waals surface area contributed by atoms with Gasteiger partial charge >= 0.3 is 0 Å². The Kier molecular flexibility index (Phi) is 5.22. The Hall–Kier alpha value is -0.610. The minimum absolute atomic E-state index is 0.396. The zero-order chi connectivity index (χ0) is 13.8. The summed E-state index contributed by atoms with van der Waals surface area (Å²) in [5.74, 6) is 0. The second-order valence-corrected chi connectivity index (χ2v) is 5.92. The topological polar surface area (TPSA) is 26.7 Å². The van der Waals surface area contributed by atoms with Crippen LogP contribution in [0.25, 0.3) is 0 Å². The number of aliphatic hydroxyl groups excluding tert-OH is 1. The van der Waals surface area contributed by atoms with Gasteiger partial charge in [-0.2, -0.15) is 0 Å². The van der Waals surface area contributed by atoms with E-state index in [9.17, 15) is 5.11 Å². The highest BCUT2D eigenvalue weighted by Crippen LogP contribution is 2.20. The Labute approximate surface area is 120 Å². The highest BCUT2D eigenvalue weighted by molar-refractivity contribution is 6.30. The van der Waals surface area contributed by atoms with Crippen molar-refractivity contribution in [2.24, 2.45) is 0 Å². The molecule has 0 radical (unpaired) electrons. The maximum atomic E-state index is 10.2. The maximum Gasteiger partial charge on any atom is 0.0802 e. The third kappa shape index (κ3) is 4.18. The van der Waals surface area contributed by atoms with Gasteiger partial charge in [-0.05, 0) is 38.1 Å². The summed E-state index contributed by atoms with van der Waals surface area (Å²) in [7, 11) is 2.17. The van der Waals surface area contributed by atoms with Crippen LogP contribution in [0.4, 0.5) is 0 Å². The van der Waals surface area contributed by atoms with E-state index >= 15 is 0 Å². The summed E-state index contributed by atoms with van der Waals surface area (Å²) < 4.78 is 0. The van der Waals surface area contributed by atoms with Crippen LogP contribution in [0.15, 0.2) is 24.3 Å². The molecular weight excluding hydrogens is 260 g/mol. The Bertz CT molecular complexity index is 396. The number of aliphatic hydroxyl groups is 1. The molecule has 106 valence electrons. The molecule has 0 bridgehead atoms. The fourth-order valence-electron chi connectivity index (χ4n) is 2.48. The standard InChI is InChI=1S/C15H23ClN2O/c1-12-11-18(10-9-17(12)2)8-7-15(19)13-3-5-14(16)6-4-13/h3-6,12,15,19H,7-11H2,1-2H3. The summed E-state index contributed by atoms with van der Waals surface area (Å²) in [6, 6.07) is 8.07. The lowest BCUT2D eigenvalue weighted by molar-refractivity contribution is 0.0839. The maximum absolute atomic E-state index is 10.2. The van der Waals surface area contributed by atoms with E-state index in [-0.39, 0.29) is 0 Å². The van der Waals surface area contributed by atoms with Gasteiger partial charge in [0.1, 0.15) is 0 Å². The largest absolute Gasteiger partial charge is 0.388 e. The predicted octanol–water partition coefficient (Wildman–Crippen LogP) is 2.40. The van der Waals surface area contributed by atoms with E-state index in [1.165, 1.54) is 0 Å². The third-order valence-corrected chi connectivity index (χ3v) is 4.27. The molecule has 1 N–H and O–H groups in total. The smallest absolute Gasteiger partial charge is 0.0802 e. The zero-order valence-corrected chi connectivity index (χ0v) is 12.5. The summed E-state index contributed by atoms with van der Waals surface area (Å²) >= 11 is 5.85. The molecule has 0 aliphatic carbocycles. The predicted molar refractivity (Wildman–Crippen MR) is 79.6 cm³/mol. The van der Waals surface area contributed by atoms with E-state index in [2.05, 4.69) is 23.8 Å². The van der Waals surface area contributed by atoms with Gasteiger partial charge in [0.05, 0.1) is 6.10 Å². The van der Waals surface area contributed by atoms with Crippen LogP contribution in [0.3, 0.4) is 0 Å². The van der Waals surface area contributed by atoms with Crippen molar-refractivity contribution in [2.45, 2.75) is 25.5 Å². The minimum Gasteiger partial charge on any atom is -0.388 e. The first-order chi connectivity index (χ1) is 9.06. The first kappa shape index (κ1) is 14.8. The Morgan fingerprint density at radius 2 is 2.00 bits per heavy atom. The number of benzene rings is 1. The van der Waals surface area contributed by atoms with Gasteiger partial charge in [-0.25, -0.2) is 0 Å². The molecule has 1 heterocycles. The average Bonchev–Trinajstić information content (AvgIpc) is 2.40. The molecule has 2 atom stereocenters. The molecule has 1 aliphatic heterocycles. The molecule has 4 heteroatoms. The van der Waals surface area contributed by atoms with Gasteiger partial charge in [-0.3, -0.25) is 0 Å². The molecule has 1 aliphatic rings. The van der Waals surface area contributed by atoms with Crippen molar-refractivity contribution >= 4 is 11.6 Å². The molecule has 19 heavy (non-hydrogen) atoms. The zero-order valence-electron chi connectivity index (χ0n) is 11.7. The van der Waals surface area contributed by atoms with E-state index in [1.807, 2.05) is 24.3 Å². The van der Waals surface area contributed by atoms with Crippen LogP contribution in [0, 0.1) is 0 Å². The molecule has 1 fully saturated rings. The quantitative estimate of drug-likeness (QED) is 0.919. The Morgan fingerprint density at radius 1 is 1.32 bits per heavy atom. The molecule has 2 unspecified atom stereocenters. The van der Waals surface area contributed by atoms with Gasteiger partial charge in [0, 0.05) is 37.2 Å². The van der Waals surface area contributed by atoms with Crippen molar-refractivity contribution in [3.05, 3.63) is 34.9 Å². The Balaban J connectivity index is 1.80. The van der Waals surface area contributed by atoms with E-state index in [0.717, 1.165) is 38.2 Å². The van der Waals surface area contributed by atoms with Gasteiger partial charge in [-0.15, -0.1) is 0 Å². The number of rotatable bonds is 4. The van der Waals surface area contributed by atoms with Crippen LogP contribution in [0.1, 0.15) is 25.0 Å². The summed E-state index contributed by atoms with van der Waals surface area (Å²) in [5, 5.41) is 10.9. The molecule has 0 saturated carbocycles. The molecule has 2 rings (SSSR count). The van der Waals surface area contributed by atoms with Crippen molar-refractivity contribution in [3.8, 4) is 0 Å². The average molecular weight is 283 g/mol. The van der Waals surface area contributed by atoms with Crippen LogP contribution < -0.4 is 0 Å². The first-order valence-corrected chi connectivity index (χ1v) is 7.30. The van der Waals surface area contributed by atoms with Crippen molar-refractivity contribution in [1.82, 2.24) is 9.80 Å². The van der Waals surface area contributed by atoms with Crippen molar-refractivity contribution < 1.29 is 5.11 Å². The fourth-order valence-corrected chi connectivity index (χ4v) is 2.61. The van der Waals surface area contributed by atoms with Gasteiger partial charge in [0.25, 0.3) is 0 Å². The van der Waals surface area contributed by atoms with E-state index in [1.54, 1.807) is 0 Å². The Morgan fingerprint density at radius 3 is 2.63 bits per heavy atom. The summed E-state index contributed by atoms with van der Waals surface area (Å²) in [4.78, 5) is 4.82. The first-order valence-electron chi connectivity index (χ1n) is 6.92. The summed E-state index contributed by atoms with van der Waals surface area (Å²) in [6.45, 7) is 6.49. The van der Waals surface area contributed by atoms with E-state index in [0.29, 0.717) is 11.1 Å². The normalized spacial score (nSPS) is 23.5. The van der Waals surface area contributed by atoms with Crippen molar-refractivity contribution in [1.29, 1.82) is 0 Å². The van der Waals surface area contributed by atoms with Crippen molar-refractivity contribution in [3.63, 3.8) is 0 Å². The van der Waals surface area contributed by atoms with Gasteiger partial charge in [0.2, 0.25) is 0 Å². The lowest BCUT2D eigenvalue weighted by Crippen LogP contribution is -2.50. The minimum atomic E-state index is -0.396. The van der Waals surface area contributed by atoms with Crippen LogP contribution in [-0.4, -0.2) is 54.2 Å². The van der Waals surface area contributed by atoms with Crippen molar-refractivity contribution in [2.75, 3.05) is 33.2 Å². The second kappa shape index (κ2) is 6.71. The van der Waals surface area contributed by atoms with E-state index in [4.69, 9.17) is 11.6 Å². The molecule has 1 saturated heterocycles. The van der Waals surface area contributed by atoms with Crippen LogP contribution >= 0.6 is 11.6 Å². The molecule has 1 aromatic carbocycles. The lowest BCUT2D eigenvalue weighted by Gasteiger charge is -2.38. The van der Waals surface area contributed by atoms with Gasteiger partial charge < -0.3 is 14.9 Å². The monoisotopic (exact) mass is 282 g/mol. The molecule has 0 aromatic heterocycles. The van der Waals surface area contributed by atoms with Crippen LogP contribution in [0.5, 0.6) is 0 Å². The van der Waals surface area contributed by atoms with Crippen LogP contribution in [-0.2, 0) is 0 Å². The number of hydrogen-bond acceptors (Lipinski definition) is 3. The number of likely N-dealkylation sites (N-methyl/N-ethyl adjacent to an activating group) is 1. The molecule has 0 amide bonds. The van der Waals surface area contributed by atoms with E-state index < -0.39 is 6.10 Å². The second-order valence-electron chi connectivity index (χ2n) is 5.49. The number of piperazine rings is 1. The summed E-state index contributed by atoms with van der Waals surface area (Å²) in [6.07, 6.45) is 0.380. The molecule has 1 aromatic rings. The third-order valence-electron chi connectivity index (χ3n) is 4.02. The molecular formula is C15H23ClN2O. The number of halogens is 1. The number of hydrogen-bond donors (Lipinski definition) is 1. The lowest BCUT2D eigenvalue weighted by atomic mass is 10.1. The highest BCUT2D eigenvalue weighted by atomic mass is 35.5. The van der Waals surface area contributed by atoms with Gasteiger partial charge in [0.15, 0.2) is 0 Å². The highest BCUT2D eigenvalue weighted by Gasteiger charge is 2.21. The van der Waals surface area contributed by atoms with Gasteiger partial charge in [-0.1, -0.05) is 23.7 Å².